The van der Waals surface area contributed by atoms with Gasteiger partial charge in [-0.3, -0.25) is 4.72 Å². The Morgan fingerprint density at radius 3 is 2.76 bits per heavy atom. The molecule has 0 saturated heterocycles. The number of esters is 1. The molecule has 0 atom stereocenters. The molecule has 2 aromatic rings. The second-order valence-electron chi connectivity index (χ2n) is 3.72. The first kappa shape index (κ1) is 15.7. The molecule has 1 heterocycles. The lowest BCUT2D eigenvalue weighted by molar-refractivity contribution is 0.0595. The predicted octanol–water partition coefficient (Wildman–Crippen LogP) is 2.52. The molecule has 2 rings (SSSR count). The van der Waals surface area contributed by atoms with Crippen LogP contribution in [-0.2, 0) is 14.8 Å². The monoisotopic (exact) mass is 350 g/mol. The molecule has 0 saturated carbocycles. The van der Waals surface area contributed by atoms with Gasteiger partial charge in [0.15, 0.2) is 8.68 Å². The van der Waals surface area contributed by atoms with E-state index in [2.05, 4.69) is 14.4 Å². The molecule has 1 aromatic heterocycles. The van der Waals surface area contributed by atoms with Gasteiger partial charge in [0.2, 0.25) is 0 Å². The van der Waals surface area contributed by atoms with E-state index in [0.29, 0.717) is 0 Å². The molecule has 0 radical (unpaired) electrons. The highest BCUT2D eigenvalue weighted by molar-refractivity contribution is 7.94. The van der Waals surface area contributed by atoms with E-state index in [4.69, 9.17) is 11.6 Å². The van der Waals surface area contributed by atoms with Crippen molar-refractivity contribution in [3.8, 4) is 0 Å². The zero-order valence-corrected chi connectivity index (χ0v) is 12.9. The number of anilines is 1. The highest BCUT2D eigenvalue weighted by atomic mass is 35.5. The minimum absolute atomic E-state index is 0.0151. The second-order valence-corrected chi connectivity index (χ2v) is 7.25. The largest absolute Gasteiger partial charge is 0.465 e. The third-order valence-electron chi connectivity index (χ3n) is 2.35. The zero-order chi connectivity index (χ0) is 15.6. The molecule has 0 amide bonds. The SMILES string of the molecule is COC(=O)c1cc(NS(=O)(=O)c2cnc(Cl)s2)ccc1F. The summed E-state index contributed by atoms with van der Waals surface area (Å²) in [6.45, 7) is 0. The van der Waals surface area contributed by atoms with E-state index in [0.717, 1.165) is 36.8 Å². The van der Waals surface area contributed by atoms with Gasteiger partial charge in [0.25, 0.3) is 10.0 Å². The molecule has 0 bridgehead atoms. The van der Waals surface area contributed by atoms with Gasteiger partial charge in [-0.05, 0) is 18.2 Å². The van der Waals surface area contributed by atoms with Crippen LogP contribution in [0.15, 0.2) is 28.6 Å². The third-order valence-corrected chi connectivity index (χ3v) is 5.30. The number of rotatable bonds is 4. The van der Waals surface area contributed by atoms with Crippen LogP contribution in [-0.4, -0.2) is 26.5 Å². The quantitative estimate of drug-likeness (QED) is 0.856. The maximum Gasteiger partial charge on any atom is 0.340 e. The summed E-state index contributed by atoms with van der Waals surface area (Å²) in [5, 5.41) is 0. The van der Waals surface area contributed by atoms with Crippen LogP contribution < -0.4 is 4.72 Å². The van der Waals surface area contributed by atoms with Crippen molar-refractivity contribution in [1.82, 2.24) is 4.98 Å². The van der Waals surface area contributed by atoms with Gasteiger partial charge in [-0.2, -0.15) is 0 Å². The summed E-state index contributed by atoms with van der Waals surface area (Å²) in [5.74, 6) is -1.72. The van der Waals surface area contributed by atoms with Crippen molar-refractivity contribution in [1.29, 1.82) is 0 Å². The molecule has 0 spiro atoms. The maximum absolute atomic E-state index is 13.5. The summed E-state index contributed by atoms with van der Waals surface area (Å²) < 4.78 is 44.1. The number of benzene rings is 1. The molecular weight excluding hydrogens is 343 g/mol. The molecule has 21 heavy (non-hydrogen) atoms. The fraction of sp³-hybridized carbons (Fsp3) is 0.0909. The van der Waals surface area contributed by atoms with Crippen LogP contribution in [0.3, 0.4) is 0 Å². The van der Waals surface area contributed by atoms with Crippen LogP contribution in [0.1, 0.15) is 10.4 Å². The van der Waals surface area contributed by atoms with Crippen molar-refractivity contribution in [2.45, 2.75) is 4.21 Å². The van der Waals surface area contributed by atoms with Crippen LogP contribution in [0.25, 0.3) is 0 Å². The molecule has 0 fully saturated rings. The van der Waals surface area contributed by atoms with Crippen molar-refractivity contribution in [2.75, 3.05) is 11.8 Å². The normalized spacial score (nSPS) is 11.2. The molecule has 10 heteroatoms. The van der Waals surface area contributed by atoms with Gasteiger partial charge >= 0.3 is 5.97 Å². The molecule has 0 unspecified atom stereocenters. The van der Waals surface area contributed by atoms with Crippen molar-refractivity contribution < 1.29 is 22.3 Å². The Labute approximate surface area is 128 Å². The minimum Gasteiger partial charge on any atom is -0.465 e. The zero-order valence-electron chi connectivity index (χ0n) is 10.5. The van der Waals surface area contributed by atoms with Crippen LogP contribution >= 0.6 is 22.9 Å². The first-order valence-electron chi connectivity index (χ1n) is 5.35. The molecule has 1 aromatic carbocycles. The summed E-state index contributed by atoms with van der Waals surface area (Å²) in [5.41, 5.74) is -0.360. The number of thiazole rings is 1. The van der Waals surface area contributed by atoms with Crippen LogP contribution in [0.2, 0.25) is 4.47 Å². The summed E-state index contributed by atoms with van der Waals surface area (Å²) in [7, 11) is -2.81. The van der Waals surface area contributed by atoms with Gasteiger partial charge in [0, 0.05) is 5.69 Å². The Balaban J connectivity index is 2.34. The summed E-state index contributed by atoms with van der Waals surface area (Å²) in [6.07, 6.45) is 1.10. The van der Waals surface area contributed by atoms with E-state index in [1.54, 1.807) is 0 Å². The fourth-order valence-corrected chi connectivity index (χ4v) is 3.77. The van der Waals surface area contributed by atoms with Gasteiger partial charge < -0.3 is 4.74 Å². The number of carbonyl (C=O) groups is 1. The number of hydrogen-bond donors (Lipinski definition) is 1. The van der Waals surface area contributed by atoms with Crippen LogP contribution in [0, 0.1) is 5.82 Å². The number of hydrogen-bond acceptors (Lipinski definition) is 6. The Bertz CT molecular complexity index is 791. The van der Waals surface area contributed by atoms with E-state index in [-0.39, 0.29) is 19.9 Å². The number of carbonyl (C=O) groups excluding carboxylic acids is 1. The number of nitrogens with zero attached hydrogens (tertiary/aromatic N) is 1. The standard InChI is InChI=1S/C11H8ClFN2O4S2/c1-19-10(16)7-4-6(2-3-8(7)13)15-21(17,18)9-5-14-11(12)20-9/h2-5,15H,1H3. The molecule has 6 nitrogen and oxygen atoms in total. The topological polar surface area (TPSA) is 85.4 Å². The van der Waals surface area contributed by atoms with Gasteiger partial charge in [0.1, 0.15) is 5.82 Å². The number of sulfonamides is 1. The van der Waals surface area contributed by atoms with Crippen LogP contribution in [0.4, 0.5) is 10.1 Å². The van der Waals surface area contributed by atoms with Gasteiger partial charge in [-0.1, -0.05) is 22.9 Å². The molecular formula is C11H8ClFN2O4S2. The van der Waals surface area contributed by atoms with E-state index >= 15 is 0 Å². The molecule has 0 aliphatic rings. The van der Waals surface area contributed by atoms with Gasteiger partial charge in [0.05, 0.1) is 18.9 Å². The summed E-state index contributed by atoms with van der Waals surface area (Å²) >= 11 is 6.35. The fourth-order valence-electron chi connectivity index (χ4n) is 1.42. The number of aromatic nitrogens is 1. The smallest absolute Gasteiger partial charge is 0.340 e. The minimum atomic E-state index is -3.91. The molecule has 0 aliphatic heterocycles. The van der Waals surface area contributed by atoms with E-state index in [1.807, 2.05) is 0 Å². The summed E-state index contributed by atoms with van der Waals surface area (Å²) in [4.78, 5) is 15.0. The third kappa shape index (κ3) is 3.49. The van der Waals surface area contributed by atoms with Crippen molar-refractivity contribution in [3.05, 3.63) is 40.2 Å². The van der Waals surface area contributed by atoms with E-state index in [9.17, 15) is 17.6 Å². The number of halogens is 2. The van der Waals surface area contributed by atoms with Crippen LogP contribution in [0.5, 0.6) is 0 Å². The first-order chi connectivity index (χ1) is 9.83. The Kier molecular flexibility index (Phi) is 4.45. The van der Waals surface area contributed by atoms with E-state index in [1.165, 1.54) is 6.07 Å². The highest BCUT2D eigenvalue weighted by Gasteiger charge is 2.19. The lowest BCUT2D eigenvalue weighted by atomic mass is 10.2. The molecule has 1 N–H and O–H groups in total. The maximum atomic E-state index is 13.5. The lowest BCUT2D eigenvalue weighted by Crippen LogP contribution is -2.13. The van der Waals surface area contributed by atoms with Crippen molar-refractivity contribution in [2.24, 2.45) is 0 Å². The van der Waals surface area contributed by atoms with Crippen molar-refractivity contribution >= 4 is 44.6 Å². The Morgan fingerprint density at radius 2 is 2.19 bits per heavy atom. The highest BCUT2D eigenvalue weighted by Crippen LogP contribution is 2.25. The first-order valence-corrected chi connectivity index (χ1v) is 8.03. The lowest BCUT2D eigenvalue weighted by Gasteiger charge is -2.08. The second kappa shape index (κ2) is 5.96. The average Bonchev–Trinajstić information content (AvgIpc) is 2.87. The summed E-state index contributed by atoms with van der Waals surface area (Å²) in [6, 6.07) is 3.19. The molecule has 0 aliphatic carbocycles. The Hall–Kier alpha value is -1.71. The Morgan fingerprint density at radius 1 is 1.48 bits per heavy atom. The predicted molar refractivity (Wildman–Crippen MR) is 75.7 cm³/mol. The number of methoxy groups -OCH3 is 1. The average molecular weight is 351 g/mol. The number of nitrogens with one attached hydrogen (secondary N) is 1. The number of ether oxygens (including phenoxy) is 1. The van der Waals surface area contributed by atoms with Crippen molar-refractivity contribution in [3.63, 3.8) is 0 Å². The van der Waals surface area contributed by atoms with Gasteiger partial charge in [-0.25, -0.2) is 22.6 Å². The molecule has 112 valence electrons. The van der Waals surface area contributed by atoms with Gasteiger partial charge in [-0.15, -0.1) is 0 Å². The van der Waals surface area contributed by atoms with E-state index < -0.39 is 21.8 Å².